The molecule has 0 amide bonds. The zero-order chi connectivity index (χ0) is 26.1. The topological polar surface area (TPSA) is 98.1 Å². The van der Waals surface area contributed by atoms with Crippen molar-refractivity contribution in [2.24, 2.45) is 5.73 Å². The molecule has 1 aliphatic rings. The molecule has 0 saturated carbocycles. The fourth-order valence-electron chi connectivity index (χ4n) is 4.45. The summed E-state index contributed by atoms with van der Waals surface area (Å²) in [4.78, 5) is 26.2. The Morgan fingerprint density at radius 2 is 1.61 bits per heavy atom. The minimum Gasteiger partial charge on any atom is -0.466 e. The minimum atomic E-state index is -0.736. The summed E-state index contributed by atoms with van der Waals surface area (Å²) in [6.45, 7) is 8.43. The molecule has 2 aromatic carbocycles. The van der Waals surface area contributed by atoms with Crippen LogP contribution >= 0.6 is 11.3 Å². The van der Waals surface area contributed by atoms with Gasteiger partial charge >= 0.3 is 5.97 Å². The van der Waals surface area contributed by atoms with Gasteiger partial charge in [-0.25, -0.2) is 4.79 Å². The molecule has 1 aromatic heterocycles. The summed E-state index contributed by atoms with van der Waals surface area (Å²) in [7, 11) is 1.28. The standard InChI is InChI=1S/C29H29N3O3S/c1-16(2)19-8-6-18(7-9-19)14-23-29(34)36-27-22(15-30)24(21-12-10-20(11-13-21)17(3)4)25(28(33)35-5)26(31)32(23)27/h6-14,16-17,24H,31H2,1-5H3. The Kier molecular flexibility index (Phi) is 7.00. The van der Waals surface area contributed by atoms with Gasteiger partial charge in [0.2, 0.25) is 0 Å². The highest BCUT2D eigenvalue weighted by Gasteiger charge is 2.36. The van der Waals surface area contributed by atoms with Crippen molar-refractivity contribution in [2.75, 3.05) is 7.11 Å². The van der Waals surface area contributed by atoms with Crippen molar-refractivity contribution in [2.45, 2.75) is 45.4 Å². The molecule has 36 heavy (non-hydrogen) atoms. The highest BCUT2D eigenvalue weighted by atomic mass is 32.1. The average molecular weight is 500 g/mol. The van der Waals surface area contributed by atoms with Gasteiger partial charge in [-0.2, -0.15) is 5.26 Å². The SMILES string of the molecule is COC(=O)C1=C(N)n2c(sc(=O)c2=Cc2ccc(C(C)C)cc2)=C(C#N)C1c1ccc(C(C)C)cc1. The molecule has 7 heteroatoms. The lowest BCUT2D eigenvalue weighted by Gasteiger charge is -2.25. The number of carbonyl (C=O) groups is 1. The van der Waals surface area contributed by atoms with E-state index in [1.165, 1.54) is 17.2 Å². The fraction of sp³-hybridized carbons (Fsp3) is 0.276. The van der Waals surface area contributed by atoms with Crippen molar-refractivity contribution in [1.82, 2.24) is 4.57 Å². The molecule has 0 radical (unpaired) electrons. The van der Waals surface area contributed by atoms with Crippen LogP contribution in [-0.2, 0) is 9.53 Å². The van der Waals surface area contributed by atoms with Gasteiger partial charge in [-0.05, 0) is 40.2 Å². The van der Waals surface area contributed by atoms with E-state index in [1.54, 1.807) is 6.08 Å². The molecule has 0 saturated heterocycles. The third-order valence-electron chi connectivity index (χ3n) is 6.54. The van der Waals surface area contributed by atoms with E-state index in [2.05, 4.69) is 33.8 Å². The van der Waals surface area contributed by atoms with E-state index in [4.69, 9.17) is 10.5 Å². The molecule has 0 spiro atoms. The van der Waals surface area contributed by atoms with Gasteiger partial charge < -0.3 is 10.5 Å². The molecule has 4 rings (SSSR count). The van der Waals surface area contributed by atoms with Crippen LogP contribution in [0.25, 0.3) is 17.5 Å². The van der Waals surface area contributed by atoms with Gasteiger partial charge in [0.15, 0.2) is 0 Å². The van der Waals surface area contributed by atoms with Gasteiger partial charge in [0.1, 0.15) is 15.8 Å². The van der Waals surface area contributed by atoms with E-state index in [1.807, 2.05) is 48.5 Å². The van der Waals surface area contributed by atoms with Crippen LogP contribution in [0.5, 0.6) is 0 Å². The predicted molar refractivity (Wildman–Crippen MR) is 144 cm³/mol. The molecular weight excluding hydrogens is 470 g/mol. The molecule has 1 unspecified atom stereocenters. The van der Waals surface area contributed by atoms with E-state index in [0.717, 1.165) is 28.0 Å². The number of fused-ring (bicyclic) bond motifs is 1. The van der Waals surface area contributed by atoms with E-state index >= 15 is 0 Å². The van der Waals surface area contributed by atoms with Crippen molar-refractivity contribution < 1.29 is 9.53 Å². The number of nitrogens with two attached hydrogens (primary N) is 1. The first-order valence-electron chi connectivity index (χ1n) is 11.8. The predicted octanol–water partition coefficient (Wildman–Crippen LogP) is 3.76. The number of methoxy groups -OCH3 is 1. The Morgan fingerprint density at radius 1 is 1.06 bits per heavy atom. The number of aromatic nitrogens is 1. The lowest BCUT2D eigenvalue weighted by atomic mass is 9.83. The molecule has 1 aliphatic heterocycles. The highest BCUT2D eigenvalue weighted by molar-refractivity contribution is 7.07. The average Bonchev–Trinajstić information content (AvgIpc) is 3.19. The highest BCUT2D eigenvalue weighted by Crippen LogP contribution is 2.37. The summed E-state index contributed by atoms with van der Waals surface area (Å²) >= 11 is 0.959. The smallest absolute Gasteiger partial charge is 0.338 e. The first-order valence-corrected chi connectivity index (χ1v) is 12.7. The molecule has 1 atom stereocenters. The first-order chi connectivity index (χ1) is 17.2. The Balaban J connectivity index is 2.01. The summed E-state index contributed by atoms with van der Waals surface area (Å²) in [5.74, 6) is -0.557. The van der Waals surface area contributed by atoms with E-state index < -0.39 is 11.9 Å². The summed E-state index contributed by atoms with van der Waals surface area (Å²) < 4.78 is 6.79. The summed E-state index contributed by atoms with van der Waals surface area (Å²) in [5, 5.41) is 10.5. The number of benzene rings is 2. The number of ether oxygens (including phenoxy) is 1. The second-order valence-corrected chi connectivity index (χ2v) is 10.4. The molecule has 2 heterocycles. The van der Waals surface area contributed by atoms with Crippen LogP contribution in [-0.4, -0.2) is 17.6 Å². The molecule has 2 N–H and O–H groups in total. The van der Waals surface area contributed by atoms with Crippen molar-refractivity contribution in [1.29, 1.82) is 5.26 Å². The third-order valence-corrected chi connectivity index (χ3v) is 7.53. The van der Waals surface area contributed by atoms with Crippen LogP contribution in [0.4, 0.5) is 0 Å². The third kappa shape index (κ3) is 4.40. The van der Waals surface area contributed by atoms with Crippen molar-refractivity contribution >= 4 is 34.8 Å². The van der Waals surface area contributed by atoms with Crippen molar-refractivity contribution in [3.05, 3.63) is 95.9 Å². The van der Waals surface area contributed by atoms with Crippen LogP contribution < -0.4 is 20.5 Å². The molecule has 6 nitrogen and oxygen atoms in total. The maximum absolute atomic E-state index is 13.2. The summed E-state index contributed by atoms with van der Waals surface area (Å²) in [5.41, 5.74) is 10.9. The summed E-state index contributed by atoms with van der Waals surface area (Å²) in [6, 6.07) is 17.9. The number of thiazole rings is 1. The van der Waals surface area contributed by atoms with Gasteiger partial charge in [0.25, 0.3) is 4.74 Å². The van der Waals surface area contributed by atoms with Crippen molar-refractivity contribution in [3.63, 3.8) is 0 Å². The lowest BCUT2D eigenvalue weighted by molar-refractivity contribution is -0.136. The van der Waals surface area contributed by atoms with E-state index in [9.17, 15) is 14.9 Å². The number of hydrogen-bond donors (Lipinski definition) is 1. The van der Waals surface area contributed by atoms with Gasteiger partial charge in [0.05, 0.1) is 30.2 Å². The Hall–Kier alpha value is -3.89. The quantitative estimate of drug-likeness (QED) is 0.539. The van der Waals surface area contributed by atoms with E-state index in [0.29, 0.717) is 27.4 Å². The van der Waals surface area contributed by atoms with Crippen LogP contribution in [0.1, 0.15) is 67.7 Å². The van der Waals surface area contributed by atoms with Crippen LogP contribution in [0.15, 0.2) is 58.9 Å². The van der Waals surface area contributed by atoms with Gasteiger partial charge in [0, 0.05) is 0 Å². The maximum atomic E-state index is 13.2. The number of esters is 1. The zero-order valence-electron chi connectivity index (χ0n) is 21.0. The monoisotopic (exact) mass is 499 g/mol. The molecule has 3 aromatic rings. The molecule has 184 valence electrons. The Morgan fingerprint density at radius 3 is 2.11 bits per heavy atom. The Labute approximate surface area is 214 Å². The second kappa shape index (κ2) is 10.00. The van der Waals surface area contributed by atoms with Crippen LogP contribution in [0.3, 0.4) is 0 Å². The number of rotatable bonds is 5. The largest absolute Gasteiger partial charge is 0.466 e. The first kappa shape index (κ1) is 25.2. The molecule has 0 bridgehead atoms. The van der Waals surface area contributed by atoms with Crippen LogP contribution in [0.2, 0.25) is 0 Å². The Bertz CT molecular complexity index is 1560. The summed E-state index contributed by atoms with van der Waals surface area (Å²) in [6.07, 6.45) is 1.74. The number of nitrogens with zero attached hydrogens (tertiary/aromatic N) is 2. The minimum absolute atomic E-state index is 0.0946. The van der Waals surface area contributed by atoms with Crippen LogP contribution in [0, 0.1) is 11.3 Å². The molecular formula is C29H29N3O3S. The zero-order valence-corrected chi connectivity index (χ0v) is 21.8. The van der Waals surface area contributed by atoms with Gasteiger partial charge in [-0.15, -0.1) is 0 Å². The number of carbonyl (C=O) groups excluding carboxylic acids is 1. The lowest BCUT2D eigenvalue weighted by Crippen LogP contribution is -2.40. The normalized spacial score (nSPS) is 15.9. The number of hydrogen-bond acceptors (Lipinski definition) is 6. The molecule has 0 aliphatic carbocycles. The van der Waals surface area contributed by atoms with Gasteiger partial charge in [-0.1, -0.05) is 87.6 Å². The van der Waals surface area contributed by atoms with Crippen molar-refractivity contribution in [3.8, 4) is 6.07 Å². The van der Waals surface area contributed by atoms with Gasteiger partial charge in [-0.3, -0.25) is 9.36 Å². The fourth-order valence-corrected chi connectivity index (χ4v) is 5.44. The van der Waals surface area contributed by atoms with E-state index in [-0.39, 0.29) is 16.1 Å². The number of nitriles is 1. The maximum Gasteiger partial charge on any atom is 0.338 e. The second-order valence-electron chi connectivity index (χ2n) is 9.45. The molecule has 0 fully saturated rings.